The van der Waals surface area contributed by atoms with Gasteiger partial charge in [-0.15, -0.1) is 0 Å². The van der Waals surface area contributed by atoms with Gasteiger partial charge in [0.05, 0.1) is 44.7 Å². The van der Waals surface area contributed by atoms with E-state index < -0.39 is 0 Å². The summed E-state index contributed by atoms with van der Waals surface area (Å²) in [6.07, 6.45) is 0. The molecule has 7 aromatic carbocycles. The van der Waals surface area contributed by atoms with E-state index in [4.69, 9.17) is 0 Å². The van der Waals surface area contributed by atoms with Crippen molar-refractivity contribution < 1.29 is 0 Å². The summed E-state index contributed by atoms with van der Waals surface area (Å²) in [4.78, 5) is 0. The van der Waals surface area contributed by atoms with Gasteiger partial charge in [0, 0.05) is 49.4 Å². The van der Waals surface area contributed by atoms with E-state index >= 15 is 0 Å². The summed E-state index contributed by atoms with van der Waals surface area (Å²) in [5, 5.41) is 17.1. The van der Waals surface area contributed by atoms with Crippen molar-refractivity contribution in [1.29, 1.82) is 5.26 Å². The fraction of sp³-hybridized carbons (Fsp3) is 0. The molecule has 0 N–H and O–H groups in total. The quantitative estimate of drug-likeness (QED) is 0.199. The molecule has 0 amide bonds. The number of benzene rings is 7. The van der Waals surface area contributed by atoms with Crippen molar-refractivity contribution in [1.82, 2.24) is 13.7 Å². The van der Waals surface area contributed by atoms with Crippen LogP contribution in [0.15, 0.2) is 158 Å². The van der Waals surface area contributed by atoms with Gasteiger partial charge in [-0.3, -0.25) is 0 Å². The minimum atomic E-state index is 0.642. The molecule has 0 aliphatic heterocycles. The lowest BCUT2D eigenvalue weighted by molar-refractivity contribution is 1.16. The van der Waals surface area contributed by atoms with Crippen LogP contribution in [0.5, 0.6) is 0 Å². The van der Waals surface area contributed by atoms with Gasteiger partial charge >= 0.3 is 0 Å². The van der Waals surface area contributed by atoms with Crippen LogP contribution in [0.2, 0.25) is 0 Å². The lowest BCUT2D eigenvalue weighted by Gasteiger charge is -2.11. The minimum absolute atomic E-state index is 0.642. The molecular weight excluding hydrogens is 573 g/mol. The highest BCUT2D eigenvalue weighted by atomic mass is 15.0. The first kappa shape index (κ1) is 25.7. The summed E-state index contributed by atoms with van der Waals surface area (Å²) in [5.41, 5.74) is 10.8. The monoisotopic (exact) mass is 598 g/mol. The highest BCUT2D eigenvalue weighted by Gasteiger charge is 2.22. The Bertz CT molecular complexity index is 2900. The fourth-order valence-corrected chi connectivity index (χ4v) is 7.70. The van der Waals surface area contributed by atoms with Crippen LogP contribution in [0.4, 0.5) is 0 Å². The molecule has 4 nitrogen and oxygen atoms in total. The van der Waals surface area contributed by atoms with Crippen molar-refractivity contribution in [2.75, 3.05) is 0 Å². The van der Waals surface area contributed by atoms with Crippen LogP contribution in [0.25, 0.3) is 82.5 Å². The van der Waals surface area contributed by atoms with Crippen molar-refractivity contribution in [3.63, 3.8) is 0 Å². The topological polar surface area (TPSA) is 38.6 Å². The minimum Gasteiger partial charge on any atom is -0.309 e. The molecule has 0 aliphatic carbocycles. The maximum Gasteiger partial charge on any atom is 0.0992 e. The highest BCUT2D eigenvalue weighted by molar-refractivity contribution is 6.26. The van der Waals surface area contributed by atoms with Crippen LogP contribution in [0.1, 0.15) is 5.56 Å². The molecule has 0 spiro atoms. The molecule has 4 heteroatoms. The average molecular weight is 599 g/mol. The number of aromatic nitrogens is 3. The number of fused-ring (bicyclic) bond motifs is 10. The van der Waals surface area contributed by atoms with Crippen LogP contribution in [0.3, 0.4) is 0 Å². The summed E-state index contributed by atoms with van der Waals surface area (Å²) in [6, 6.07) is 58.2. The normalized spacial score (nSPS) is 11.8. The zero-order chi connectivity index (χ0) is 31.1. The third-order valence-corrected chi connectivity index (χ3v) is 9.64. The van der Waals surface area contributed by atoms with Crippen LogP contribution >= 0.6 is 0 Å². The first-order valence-corrected chi connectivity index (χ1v) is 15.8. The SMILES string of the molecule is N#Cc1ccc2c3c(ccc4c5ccccc5n(-c5ccccc5)c43)n(-c3ccc4c(c3)c3ccccc3n4-c3ccccc3)c2c1. The van der Waals surface area contributed by atoms with E-state index in [-0.39, 0.29) is 0 Å². The Morgan fingerprint density at radius 1 is 0.362 bits per heavy atom. The van der Waals surface area contributed by atoms with Gasteiger partial charge in [-0.2, -0.15) is 5.26 Å². The van der Waals surface area contributed by atoms with Gasteiger partial charge in [-0.25, -0.2) is 0 Å². The van der Waals surface area contributed by atoms with Crippen LogP contribution < -0.4 is 0 Å². The van der Waals surface area contributed by atoms with E-state index in [1.54, 1.807) is 0 Å². The number of rotatable bonds is 3. The summed E-state index contributed by atoms with van der Waals surface area (Å²) < 4.78 is 7.08. The van der Waals surface area contributed by atoms with E-state index in [1.165, 1.54) is 43.5 Å². The molecule has 10 aromatic rings. The van der Waals surface area contributed by atoms with Crippen molar-refractivity contribution in [3.05, 3.63) is 163 Å². The molecule has 0 radical (unpaired) electrons. The molecule has 0 aliphatic rings. The van der Waals surface area contributed by atoms with Gasteiger partial charge in [0.2, 0.25) is 0 Å². The standard InChI is InChI=1S/C43H26N4/c44-27-28-19-21-35-41(25-28)46(31-20-23-39-36(26-31)33-16-8-9-17-37(33)45(39)29-11-3-1-4-12-29)40-24-22-34-32-15-7-10-18-38(32)47(43(34)42(35)40)30-13-5-2-6-14-30/h1-26H. The lowest BCUT2D eigenvalue weighted by Crippen LogP contribution is -1.96. The van der Waals surface area contributed by atoms with Crippen LogP contribution in [0, 0.1) is 11.3 Å². The van der Waals surface area contributed by atoms with E-state index in [0.717, 1.165) is 39.0 Å². The van der Waals surface area contributed by atoms with Gasteiger partial charge in [0.15, 0.2) is 0 Å². The van der Waals surface area contributed by atoms with Gasteiger partial charge < -0.3 is 13.7 Å². The van der Waals surface area contributed by atoms with E-state index in [9.17, 15) is 5.26 Å². The number of hydrogen-bond acceptors (Lipinski definition) is 1. The Kier molecular flexibility index (Phi) is 5.32. The molecule has 0 unspecified atom stereocenters. The molecule has 3 heterocycles. The molecule has 0 saturated heterocycles. The third-order valence-electron chi connectivity index (χ3n) is 9.64. The number of hydrogen-bond donors (Lipinski definition) is 0. The summed E-state index contributed by atoms with van der Waals surface area (Å²) in [5.74, 6) is 0. The first-order chi connectivity index (χ1) is 23.3. The Morgan fingerprint density at radius 3 is 1.64 bits per heavy atom. The van der Waals surface area contributed by atoms with Crippen LogP contribution in [-0.2, 0) is 0 Å². The Balaban J connectivity index is 1.36. The second-order valence-corrected chi connectivity index (χ2v) is 12.1. The predicted octanol–water partition coefficient (Wildman–Crippen LogP) is 10.8. The van der Waals surface area contributed by atoms with Crippen molar-refractivity contribution in [2.24, 2.45) is 0 Å². The largest absolute Gasteiger partial charge is 0.309 e. The van der Waals surface area contributed by atoms with Crippen molar-refractivity contribution in [3.8, 4) is 23.1 Å². The van der Waals surface area contributed by atoms with Gasteiger partial charge in [0.25, 0.3) is 0 Å². The molecule has 0 saturated carbocycles. The number of para-hydroxylation sites is 4. The van der Waals surface area contributed by atoms with Crippen LogP contribution in [-0.4, -0.2) is 13.7 Å². The highest BCUT2D eigenvalue weighted by Crippen LogP contribution is 2.43. The smallest absolute Gasteiger partial charge is 0.0992 e. The summed E-state index contributed by atoms with van der Waals surface area (Å²) in [7, 11) is 0. The number of nitrogens with zero attached hydrogens (tertiary/aromatic N) is 4. The van der Waals surface area contributed by atoms with E-state index in [0.29, 0.717) is 5.56 Å². The molecule has 0 atom stereocenters. The predicted molar refractivity (Wildman–Crippen MR) is 194 cm³/mol. The Morgan fingerprint density at radius 2 is 0.915 bits per heavy atom. The Labute approximate surface area is 270 Å². The summed E-state index contributed by atoms with van der Waals surface area (Å²) in [6.45, 7) is 0. The second-order valence-electron chi connectivity index (χ2n) is 12.1. The maximum absolute atomic E-state index is 10.00. The van der Waals surface area contributed by atoms with Crippen molar-refractivity contribution >= 4 is 65.4 Å². The zero-order valence-electron chi connectivity index (χ0n) is 25.3. The van der Waals surface area contributed by atoms with E-state index in [2.05, 4.69) is 165 Å². The van der Waals surface area contributed by atoms with Crippen molar-refractivity contribution in [2.45, 2.75) is 0 Å². The molecule has 218 valence electrons. The van der Waals surface area contributed by atoms with E-state index in [1.807, 2.05) is 12.1 Å². The zero-order valence-corrected chi connectivity index (χ0v) is 25.3. The Hall–Kier alpha value is -6.57. The molecule has 0 bridgehead atoms. The molecule has 0 fully saturated rings. The summed E-state index contributed by atoms with van der Waals surface area (Å²) >= 11 is 0. The third kappa shape index (κ3) is 3.57. The van der Waals surface area contributed by atoms with Gasteiger partial charge in [0.1, 0.15) is 0 Å². The van der Waals surface area contributed by atoms with Gasteiger partial charge in [-0.1, -0.05) is 84.9 Å². The fourth-order valence-electron chi connectivity index (χ4n) is 7.70. The molecule has 10 rings (SSSR count). The molecular formula is C43H26N4. The second kappa shape index (κ2) is 9.71. The lowest BCUT2D eigenvalue weighted by atomic mass is 10.1. The van der Waals surface area contributed by atoms with Gasteiger partial charge in [-0.05, 0) is 72.8 Å². The maximum atomic E-state index is 10.00. The molecule has 47 heavy (non-hydrogen) atoms. The number of nitriles is 1. The molecule has 3 aromatic heterocycles. The average Bonchev–Trinajstić information content (AvgIpc) is 3.77. The first-order valence-electron chi connectivity index (χ1n) is 15.8.